The third-order valence-electron chi connectivity index (χ3n) is 10.8. The quantitative estimate of drug-likeness (QED) is 0.194. The summed E-state index contributed by atoms with van der Waals surface area (Å²) in [5, 5.41) is 6.90. The van der Waals surface area contributed by atoms with Crippen LogP contribution in [-0.4, -0.2) is 0 Å². The van der Waals surface area contributed by atoms with Crippen molar-refractivity contribution in [2.24, 2.45) is 10.4 Å². The Morgan fingerprint density at radius 2 is 1.29 bits per heavy atom. The van der Waals surface area contributed by atoms with Crippen molar-refractivity contribution in [2.75, 3.05) is 0 Å². The van der Waals surface area contributed by atoms with Gasteiger partial charge in [0.1, 0.15) is 22.3 Å². The highest BCUT2D eigenvalue weighted by Crippen LogP contribution is 2.59. The predicted molar refractivity (Wildman–Crippen MR) is 194 cm³/mol. The van der Waals surface area contributed by atoms with Gasteiger partial charge in [-0.15, -0.1) is 0 Å². The van der Waals surface area contributed by atoms with Gasteiger partial charge in [0.25, 0.3) is 0 Å². The van der Waals surface area contributed by atoms with Crippen molar-refractivity contribution in [1.82, 2.24) is 0 Å². The summed E-state index contributed by atoms with van der Waals surface area (Å²) >= 11 is 0. The van der Waals surface area contributed by atoms with E-state index in [-0.39, 0.29) is 11.3 Å². The fourth-order valence-corrected chi connectivity index (χ4v) is 8.76. The lowest BCUT2D eigenvalue weighted by Gasteiger charge is -2.35. The summed E-state index contributed by atoms with van der Waals surface area (Å²) in [5.74, 6) is 0.127. The minimum atomic E-state index is -0.263. The topological polar surface area (TPSA) is 38.6 Å². The molecule has 2 aromatic heterocycles. The maximum absolute atomic E-state index is 6.23. The molecule has 0 N–H and O–H groups in total. The average Bonchev–Trinajstić information content (AvgIpc) is 3.86. The molecule has 0 saturated carbocycles. The van der Waals surface area contributed by atoms with Crippen molar-refractivity contribution < 1.29 is 8.83 Å². The van der Waals surface area contributed by atoms with E-state index < -0.39 is 0 Å². The lowest BCUT2D eigenvalue weighted by Crippen LogP contribution is -2.30. The van der Waals surface area contributed by atoms with E-state index in [1.165, 1.54) is 49.8 Å². The van der Waals surface area contributed by atoms with Crippen LogP contribution in [0.3, 0.4) is 0 Å². The van der Waals surface area contributed by atoms with Crippen LogP contribution in [0.5, 0.6) is 0 Å². The number of allylic oxidation sites excluding steroid dienone is 10. The van der Waals surface area contributed by atoms with E-state index in [1.54, 1.807) is 0 Å². The maximum Gasteiger partial charge on any atom is 0.135 e. The monoisotopic (exact) mass is 615 g/mol. The van der Waals surface area contributed by atoms with Crippen molar-refractivity contribution in [1.29, 1.82) is 0 Å². The van der Waals surface area contributed by atoms with Gasteiger partial charge in [-0.1, -0.05) is 98.8 Å². The predicted octanol–water partition coefficient (Wildman–Crippen LogP) is 10.2. The number of hydrogen-bond acceptors (Lipinski definition) is 3. The molecule has 1 atom stereocenters. The van der Waals surface area contributed by atoms with Crippen molar-refractivity contribution in [3.8, 4) is 0 Å². The second kappa shape index (κ2) is 9.11. The van der Waals surface area contributed by atoms with Crippen LogP contribution in [0.1, 0.15) is 30.9 Å². The molecule has 1 unspecified atom stereocenters. The molecular formula is C45H29NO2. The van der Waals surface area contributed by atoms with Gasteiger partial charge in [0, 0.05) is 38.1 Å². The van der Waals surface area contributed by atoms with Crippen LogP contribution in [0.4, 0.5) is 0 Å². The Kier molecular flexibility index (Phi) is 4.97. The molecule has 3 heteroatoms. The first-order chi connectivity index (χ1) is 23.5. The molecule has 0 fully saturated rings. The third-order valence-corrected chi connectivity index (χ3v) is 10.8. The number of rotatable bonds is 2. The molecule has 226 valence electrons. The molecular weight excluding hydrogens is 587 g/mol. The zero-order valence-electron chi connectivity index (χ0n) is 26.5. The van der Waals surface area contributed by atoms with Gasteiger partial charge in [0.2, 0.25) is 0 Å². The summed E-state index contributed by atoms with van der Waals surface area (Å²) in [6.45, 7) is 4.76. The molecule has 1 aliphatic heterocycles. The van der Waals surface area contributed by atoms with Crippen LogP contribution >= 0.6 is 0 Å². The molecule has 48 heavy (non-hydrogen) atoms. The lowest BCUT2D eigenvalue weighted by atomic mass is 9.68. The molecule has 0 spiro atoms. The summed E-state index contributed by atoms with van der Waals surface area (Å²) in [6.07, 6.45) is 9.57. The van der Waals surface area contributed by atoms with E-state index in [1.807, 2.05) is 24.3 Å². The van der Waals surface area contributed by atoms with E-state index in [4.69, 9.17) is 13.8 Å². The zero-order chi connectivity index (χ0) is 31.7. The van der Waals surface area contributed by atoms with Gasteiger partial charge in [-0.25, -0.2) is 4.99 Å². The maximum atomic E-state index is 6.23. The Balaban J connectivity index is 1.15. The normalized spacial score (nSPS) is 19.1. The molecule has 3 heterocycles. The Morgan fingerprint density at radius 1 is 0.625 bits per heavy atom. The molecule has 0 amide bonds. The molecule has 0 radical (unpaired) electrons. The highest BCUT2D eigenvalue weighted by Gasteiger charge is 2.44. The van der Waals surface area contributed by atoms with E-state index >= 15 is 0 Å². The SMILES string of the molecule is CC1(C)C2=C(C=C3N=c4ccccc4=C31)C(c1ccc3oc4ccccc4c3c1)=C1C=CC(c3ccc4oc5ccccc5c4c3)C=C12. The number of fused-ring (bicyclic) bond motifs is 10. The minimum absolute atomic E-state index is 0.127. The van der Waals surface area contributed by atoms with Crippen LogP contribution in [-0.2, 0) is 0 Å². The number of benzene rings is 5. The number of hydrogen-bond donors (Lipinski definition) is 0. The first-order valence-corrected chi connectivity index (χ1v) is 16.7. The highest BCUT2D eigenvalue weighted by atomic mass is 16.3. The van der Waals surface area contributed by atoms with Gasteiger partial charge in [0.15, 0.2) is 0 Å². The van der Waals surface area contributed by atoms with Crippen LogP contribution in [0.25, 0.3) is 55.0 Å². The Hall–Kier alpha value is -5.93. The molecule has 3 nitrogen and oxygen atoms in total. The van der Waals surface area contributed by atoms with Crippen LogP contribution in [0.15, 0.2) is 175 Å². The van der Waals surface area contributed by atoms with Gasteiger partial charge in [-0.05, 0) is 93.1 Å². The number of furan rings is 2. The third kappa shape index (κ3) is 3.40. The summed E-state index contributed by atoms with van der Waals surface area (Å²) < 4.78 is 12.4. The Bertz CT molecular complexity index is 2910. The fourth-order valence-electron chi connectivity index (χ4n) is 8.76. The van der Waals surface area contributed by atoms with Gasteiger partial charge < -0.3 is 8.83 Å². The van der Waals surface area contributed by atoms with Crippen LogP contribution in [0.2, 0.25) is 0 Å². The van der Waals surface area contributed by atoms with Gasteiger partial charge in [-0.3, -0.25) is 0 Å². The van der Waals surface area contributed by atoms with Gasteiger partial charge in [0.05, 0.1) is 11.1 Å². The highest BCUT2D eigenvalue weighted by molar-refractivity contribution is 6.08. The molecule has 3 aliphatic carbocycles. The molecule has 5 aromatic carbocycles. The van der Waals surface area contributed by atoms with E-state index in [2.05, 4.69) is 123 Å². The van der Waals surface area contributed by atoms with Gasteiger partial charge in [-0.2, -0.15) is 0 Å². The minimum Gasteiger partial charge on any atom is -0.456 e. The van der Waals surface area contributed by atoms with E-state index in [0.29, 0.717) is 0 Å². The lowest BCUT2D eigenvalue weighted by molar-refractivity contribution is 0.601. The number of nitrogens with zero attached hydrogens (tertiary/aromatic N) is 1. The standard InChI is InChI=1S/C45H29NO2/c1-45(2)43-34-22-25(26-16-19-40-32(21-26)28-9-4-7-13-38(28)47-40)15-18-30(34)42(35(43)24-37-44(45)31-11-3-6-12-36(31)46-37)27-17-20-41-33(23-27)29-10-5-8-14-39(29)48-41/h3-25H,1-2H3. The Morgan fingerprint density at radius 3 is 2.08 bits per heavy atom. The van der Waals surface area contributed by atoms with Crippen molar-refractivity contribution in [2.45, 2.75) is 19.8 Å². The van der Waals surface area contributed by atoms with E-state index in [0.717, 1.165) is 54.9 Å². The van der Waals surface area contributed by atoms with Crippen LogP contribution < -0.4 is 10.6 Å². The second-order valence-corrected chi connectivity index (χ2v) is 13.9. The fraction of sp³-hybridized carbons (Fsp3) is 0.0889. The smallest absolute Gasteiger partial charge is 0.135 e. The largest absolute Gasteiger partial charge is 0.456 e. The van der Waals surface area contributed by atoms with E-state index in [9.17, 15) is 0 Å². The summed E-state index contributed by atoms with van der Waals surface area (Å²) in [5.41, 5.74) is 14.8. The average molecular weight is 616 g/mol. The van der Waals surface area contributed by atoms with Crippen molar-refractivity contribution in [3.63, 3.8) is 0 Å². The molecule has 4 aliphatic rings. The first kappa shape index (κ1) is 26.2. The summed E-state index contributed by atoms with van der Waals surface area (Å²) in [6, 6.07) is 38.6. The summed E-state index contributed by atoms with van der Waals surface area (Å²) in [4.78, 5) is 5.17. The second-order valence-electron chi connectivity index (χ2n) is 13.9. The van der Waals surface area contributed by atoms with Crippen LogP contribution in [0, 0.1) is 5.41 Å². The number of para-hydroxylation sites is 3. The van der Waals surface area contributed by atoms with Crippen molar-refractivity contribution >= 4 is 55.0 Å². The molecule has 0 saturated heterocycles. The molecule has 11 rings (SSSR count). The molecule has 7 aromatic rings. The Labute approximate surface area is 276 Å². The van der Waals surface area contributed by atoms with Gasteiger partial charge >= 0.3 is 0 Å². The first-order valence-electron chi connectivity index (χ1n) is 16.7. The molecule has 0 bridgehead atoms. The van der Waals surface area contributed by atoms with Crippen molar-refractivity contribution in [3.05, 3.63) is 183 Å². The zero-order valence-corrected chi connectivity index (χ0v) is 26.5. The summed E-state index contributed by atoms with van der Waals surface area (Å²) in [7, 11) is 0.